The average molecular weight is 403 g/mol. The molecule has 4 rings (SSSR count). The molecule has 0 radical (unpaired) electrons. The van der Waals surface area contributed by atoms with Crippen LogP contribution in [-0.4, -0.2) is 34.1 Å². The molecule has 0 saturated carbocycles. The van der Waals surface area contributed by atoms with Gasteiger partial charge in [0, 0.05) is 25.0 Å². The Morgan fingerprint density at radius 2 is 1.67 bits per heavy atom. The van der Waals surface area contributed by atoms with Gasteiger partial charge >= 0.3 is 6.03 Å². The summed E-state index contributed by atoms with van der Waals surface area (Å²) in [5.41, 5.74) is 1.43. The van der Waals surface area contributed by atoms with E-state index in [0.29, 0.717) is 43.1 Å². The molecule has 0 unspecified atom stereocenters. The number of ether oxygens (including phenoxy) is 1. The van der Waals surface area contributed by atoms with Gasteiger partial charge in [0.1, 0.15) is 17.1 Å². The summed E-state index contributed by atoms with van der Waals surface area (Å²) in [5.74, 6) is 1.46. The second kappa shape index (κ2) is 8.55. The highest BCUT2D eigenvalue weighted by atomic mass is 16.5. The second-order valence-corrected chi connectivity index (χ2v) is 7.61. The first-order valence-corrected chi connectivity index (χ1v) is 10.1. The minimum Gasteiger partial charge on any atom is -0.457 e. The number of para-hydroxylation sites is 1. The number of likely N-dealkylation sites (tertiary alicyclic amines) is 1. The molecule has 2 N–H and O–H groups in total. The quantitative estimate of drug-likeness (QED) is 0.662. The number of nitrogens with zero attached hydrogens (tertiary/aromatic N) is 2. The number of urea groups is 1. The van der Waals surface area contributed by atoms with Crippen LogP contribution < -0.4 is 10.1 Å². The highest BCUT2D eigenvalue weighted by molar-refractivity contribution is 5.89. The van der Waals surface area contributed by atoms with Crippen LogP contribution in [0.3, 0.4) is 0 Å². The molecule has 0 aliphatic carbocycles. The predicted octanol–water partition coefficient (Wildman–Crippen LogP) is 4.70. The van der Waals surface area contributed by atoms with Gasteiger partial charge in [-0.3, -0.25) is 4.98 Å². The smallest absolute Gasteiger partial charge is 0.321 e. The highest BCUT2D eigenvalue weighted by Gasteiger charge is 2.36. The van der Waals surface area contributed by atoms with E-state index in [1.165, 1.54) is 0 Å². The number of aryl methyl sites for hydroxylation is 1. The summed E-state index contributed by atoms with van der Waals surface area (Å²) < 4.78 is 5.77. The van der Waals surface area contributed by atoms with Crippen LogP contribution in [0.1, 0.15) is 24.1 Å². The molecule has 3 aromatic rings. The lowest BCUT2D eigenvalue weighted by Crippen LogP contribution is -2.47. The number of nitrogens with one attached hydrogen (secondary N) is 1. The first kappa shape index (κ1) is 19.9. The molecule has 0 bridgehead atoms. The fourth-order valence-corrected chi connectivity index (χ4v) is 3.51. The number of aromatic nitrogens is 1. The molecular formula is C24H25N3O3. The molecule has 30 heavy (non-hydrogen) atoms. The molecule has 0 spiro atoms. The van der Waals surface area contributed by atoms with E-state index in [9.17, 15) is 9.90 Å². The highest BCUT2D eigenvalue weighted by Crippen LogP contribution is 2.32. The summed E-state index contributed by atoms with van der Waals surface area (Å²) in [7, 11) is 0. The third-order valence-electron chi connectivity index (χ3n) is 5.35. The topological polar surface area (TPSA) is 74.7 Å². The fourth-order valence-electron chi connectivity index (χ4n) is 3.51. The van der Waals surface area contributed by atoms with Gasteiger partial charge in [-0.1, -0.05) is 24.3 Å². The Morgan fingerprint density at radius 1 is 1.00 bits per heavy atom. The predicted molar refractivity (Wildman–Crippen MR) is 116 cm³/mol. The minimum atomic E-state index is -0.985. The van der Waals surface area contributed by atoms with Gasteiger partial charge < -0.3 is 20.1 Å². The largest absolute Gasteiger partial charge is 0.457 e. The van der Waals surface area contributed by atoms with Crippen molar-refractivity contribution in [3.8, 4) is 11.5 Å². The van der Waals surface area contributed by atoms with Crippen LogP contribution in [-0.2, 0) is 5.60 Å². The van der Waals surface area contributed by atoms with Crippen molar-refractivity contribution in [3.63, 3.8) is 0 Å². The molecule has 1 aliphatic heterocycles. The maximum atomic E-state index is 12.6. The molecule has 1 fully saturated rings. The molecule has 1 saturated heterocycles. The van der Waals surface area contributed by atoms with Crippen molar-refractivity contribution < 1.29 is 14.6 Å². The van der Waals surface area contributed by atoms with Crippen LogP contribution >= 0.6 is 0 Å². The number of aliphatic hydroxyl groups is 1. The van der Waals surface area contributed by atoms with Crippen LogP contribution in [0.2, 0.25) is 0 Å². The summed E-state index contributed by atoms with van der Waals surface area (Å²) in [6.07, 6.45) is 2.68. The zero-order valence-electron chi connectivity index (χ0n) is 16.9. The van der Waals surface area contributed by atoms with Gasteiger partial charge in [0.05, 0.1) is 5.69 Å². The molecule has 154 valence electrons. The van der Waals surface area contributed by atoms with Crippen molar-refractivity contribution in [3.05, 3.63) is 84.2 Å². The number of anilines is 1. The number of carbonyl (C=O) groups is 1. The van der Waals surface area contributed by atoms with Crippen molar-refractivity contribution in [1.29, 1.82) is 0 Å². The lowest BCUT2D eigenvalue weighted by atomic mass is 9.87. The Morgan fingerprint density at radius 3 is 2.30 bits per heavy atom. The van der Waals surface area contributed by atoms with Crippen LogP contribution in [0.4, 0.5) is 10.5 Å². The maximum Gasteiger partial charge on any atom is 0.321 e. The van der Waals surface area contributed by atoms with E-state index in [2.05, 4.69) is 10.3 Å². The number of hydrogen-bond acceptors (Lipinski definition) is 4. The molecule has 1 aliphatic rings. The Balaban J connectivity index is 1.32. The van der Waals surface area contributed by atoms with Gasteiger partial charge in [-0.25, -0.2) is 4.79 Å². The monoisotopic (exact) mass is 403 g/mol. The molecule has 2 heterocycles. The number of rotatable bonds is 4. The molecule has 0 atom stereocenters. The molecule has 1 aromatic heterocycles. The normalized spacial score (nSPS) is 15.5. The van der Waals surface area contributed by atoms with Gasteiger partial charge in [0.15, 0.2) is 0 Å². The van der Waals surface area contributed by atoms with Gasteiger partial charge in [0.2, 0.25) is 0 Å². The van der Waals surface area contributed by atoms with Crippen molar-refractivity contribution in [2.45, 2.75) is 25.4 Å². The third kappa shape index (κ3) is 4.60. The van der Waals surface area contributed by atoms with E-state index in [1.54, 1.807) is 11.1 Å². The van der Waals surface area contributed by atoms with Crippen LogP contribution in [0.15, 0.2) is 72.9 Å². The summed E-state index contributed by atoms with van der Waals surface area (Å²) in [6.45, 7) is 2.90. The number of amides is 2. The van der Waals surface area contributed by atoms with E-state index in [1.807, 2.05) is 73.7 Å². The Kier molecular flexibility index (Phi) is 5.68. The van der Waals surface area contributed by atoms with E-state index in [-0.39, 0.29) is 6.03 Å². The molecular weight excluding hydrogens is 378 g/mol. The SMILES string of the molecule is Cc1ccc(C2(O)CCN(C(=O)Nc3ccc(Oc4ccccc4)cc3)CC2)nc1. The summed E-state index contributed by atoms with van der Waals surface area (Å²) in [5, 5.41) is 13.9. The standard InChI is InChI=1S/C24H25N3O3/c1-18-7-12-22(25-17-18)24(29)13-15-27(16-14-24)23(28)26-19-8-10-21(11-9-19)30-20-5-3-2-4-6-20/h2-12,17,29H,13-16H2,1H3,(H,26,28). The number of carbonyl (C=O) groups excluding carboxylic acids is 1. The Hall–Kier alpha value is -3.38. The lowest BCUT2D eigenvalue weighted by molar-refractivity contribution is -0.0193. The molecule has 2 amide bonds. The molecule has 2 aromatic carbocycles. The van der Waals surface area contributed by atoms with Crippen LogP contribution in [0.25, 0.3) is 0 Å². The van der Waals surface area contributed by atoms with E-state index < -0.39 is 5.60 Å². The lowest BCUT2D eigenvalue weighted by Gasteiger charge is -2.37. The van der Waals surface area contributed by atoms with Crippen molar-refractivity contribution >= 4 is 11.7 Å². The fraction of sp³-hybridized carbons (Fsp3) is 0.250. The first-order chi connectivity index (χ1) is 14.5. The second-order valence-electron chi connectivity index (χ2n) is 7.61. The number of piperidine rings is 1. The number of benzene rings is 2. The van der Waals surface area contributed by atoms with Crippen molar-refractivity contribution in [2.24, 2.45) is 0 Å². The Labute approximate surface area is 176 Å². The average Bonchev–Trinajstić information content (AvgIpc) is 2.77. The number of hydrogen-bond donors (Lipinski definition) is 2. The first-order valence-electron chi connectivity index (χ1n) is 10.1. The molecule has 6 nitrogen and oxygen atoms in total. The minimum absolute atomic E-state index is 0.175. The third-order valence-corrected chi connectivity index (χ3v) is 5.35. The maximum absolute atomic E-state index is 12.6. The zero-order valence-corrected chi connectivity index (χ0v) is 16.9. The van der Waals surface area contributed by atoms with Gasteiger partial charge in [-0.15, -0.1) is 0 Å². The summed E-state index contributed by atoms with van der Waals surface area (Å²) in [6, 6.07) is 20.4. The van der Waals surface area contributed by atoms with E-state index >= 15 is 0 Å². The zero-order chi connectivity index (χ0) is 21.0. The van der Waals surface area contributed by atoms with E-state index in [4.69, 9.17) is 4.74 Å². The van der Waals surface area contributed by atoms with Crippen molar-refractivity contribution in [2.75, 3.05) is 18.4 Å². The summed E-state index contributed by atoms with van der Waals surface area (Å²) in [4.78, 5) is 18.7. The summed E-state index contributed by atoms with van der Waals surface area (Å²) >= 11 is 0. The van der Waals surface area contributed by atoms with Crippen LogP contribution in [0.5, 0.6) is 11.5 Å². The Bertz CT molecular complexity index is 980. The number of pyridine rings is 1. The van der Waals surface area contributed by atoms with Gasteiger partial charge in [-0.2, -0.15) is 0 Å². The van der Waals surface area contributed by atoms with Crippen LogP contribution in [0, 0.1) is 6.92 Å². The van der Waals surface area contributed by atoms with Crippen molar-refractivity contribution in [1.82, 2.24) is 9.88 Å². The van der Waals surface area contributed by atoms with Gasteiger partial charge in [0.25, 0.3) is 0 Å². The van der Waals surface area contributed by atoms with Gasteiger partial charge in [-0.05, 0) is 67.8 Å². The van der Waals surface area contributed by atoms with E-state index in [0.717, 1.165) is 11.3 Å². The molecule has 6 heteroatoms.